The van der Waals surface area contributed by atoms with E-state index in [1.54, 1.807) is 0 Å². The fraction of sp³-hybridized carbons (Fsp3) is 0.533. The molecule has 1 aromatic rings. The third kappa shape index (κ3) is 4.25. The Morgan fingerprint density at radius 1 is 1.47 bits per heavy atom. The lowest BCUT2D eigenvalue weighted by molar-refractivity contribution is -0.131. The maximum absolute atomic E-state index is 12.1. The van der Waals surface area contributed by atoms with Gasteiger partial charge in [0.05, 0.1) is 0 Å². The van der Waals surface area contributed by atoms with Gasteiger partial charge in [-0.15, -0.1) is 0 Å². The first-order chi connectivity index (χ1) is 9.16. The number of nitrogens with two attached hydrogens (primary N) is 1. The van der Waals surface area contributed by atoms with E-state index in [0.29, 0.717) is 11.7 Å². The molecule has 1 aliphatic rings. The highest BCUT2D eigenvalue weighted by molar-refractivity contribution is 7.99. The summed E-state index contributed by atoms with van der Waals surface area (Å²) in [7, 11) is 0. The molecule has 0 aliphatic carbocycles. The minimum Gasteiger partial charge on any atom is -0.341 e. The van der Waals surface area contributed by atoms with Gasteiger partial charge in [-0.2, -0.15) is 11.8 Å². The van der Waals surface area contributed by atoms with Crippen LogP contribution in [0.25, 0.3) is 0 Å². The Morgan fingerprint density at radius 2 is 2.21 bits per heavy atom. The van der Waals surface area contributed by atoms with Crippen molar-refractivity contribution >= 4 is 17.7 Å². The third-order valence-corrected chi connectivity index (χ3v) is 4.63. The standard InChI is InChI=1S/C15H22N2OS/c1-12-11-17(9-10-19-12)15(18)8-7-14(16)13-5-3-2-4-6-13/h2-6,12,14H,7-11,16H2,1H3. The number of amides is 1. The van der Waals surface area contributed by atoms with Crippen molar-refractivity contribution in [3.8, 4) is 0 Å². The Labute approximate surface area is 119 Å². The van der Waals surface area contributed by atoms with Gasteiger partial charge in [0.25, 0.3) is 0 Å². The summed E-state index contributed by atoms with van der Waals surface area (Å²) in [6.45, 7) is 3.94. The van der Waals surface area contributed by atoms with E-state index in [1.807, 2.05) is 47.0 Å². The van der Waals surface area contributed by atoms with Gasteiger partial charge in [-0.05, 0) is 12.0 Å². The van der Waals surface area contributed by atoms with Crippen molar-refractivity contribution in [2.45, 2.75) is 31.1 Å². The Kier molecular flexibility index (Phi) is 5.28. The van der Waals surface area contributed by atoms with E-state index in [-0.39, 0.29) is 11.9 Å². The highest BCUT2D eigenvalue weighted by Gasteiger charge is 2.21. The molecule has 0 bridgehead atoms. The van der Waals surface area contributed by atoms with Crippen LogP contribution in [0.2, 0.25) is 0 Å². The Morgan fingerprint density at radius 3 is 2.89 bits per heavy atom. The summed E-state index contributed by atoms with van der Waals surface area (Å²) in [6.07, 6.45) is 1.27. The smallest absolute Gasteiger partial charge is 0.222 e. The van der Waals surface area contributed by atoms with Crippen LogP contribution in [-0.2, 0) is 4.79 Å². The first-order valence-corrected chi connectivity index (χ1v) is 7.91. The molecule has 19 heavy (non-hydrogen) atoms. The average Bonchev–Trinajstić information content (AvgIpc) is 2.45. The molecule has 1 aromatic carbocycles. The predicted octanol–water partition coefficient (Wildman–Crippen LogP) is 2.43. The molecular weight excluding hydrogens is 256 g/mol. The van der Waals surface area contributed by atoms with E-state index < -0.39 is 0 Å². The summed E-state index contributed by atoms with van der Waals surface area (Å²) in [5, 5.41) is 0.556. The fourth-order valence-corrected chi connectivity index (χ4v) is 3.36. The molecule has 1 amide bonds. The van der Waals surface area contributed by atoms with Crippen LogP contribution < -0.4 is 5.73 Å². The summed E-state index contributed by atoms with van der Waals surface area (Å²) < 4.78 is 0. The van der Waals surface area contributed by atoms with Crippen LogP contribution >= 0.6 is 11.8 Å². The molecular formula is C15H22N2OS. The van der Waals surface area contributed by atoms with Crippen molar-refractivity contribution in [3.63, 3.8) is 0 Å². The minimum absolute atomic E-state index is 0.0401. The maximum atomic E-state index is 12.1. The molecule has 0 radical (unpaired) electrons. The molecule has 2 atom stereocenters. The highest BCUT2D eigenvalue weighted by atomic mass is 32.2. The van der Waals surface area contributed by atoms with Crippen LogP contribution in [0.1, 0.15) is 31.4 Å². The van der Waals surface area contributed by atoms with Crippen molar-refractivity contribution in [1.82, 2.24) is 4.90 Å². The SMILES string of the molecule is CC1CN(C(=O)CCC(N)c2ccccc2)CCS1. The second-order valence-corrected chi connectivity index (χ2v) is 6.62. The Balaban J connectivity index is 1.80. The molecule has 1 fully saturated rings. The van der Waals surface area contributed by atoms with Gasteiger partial charge >= 0.3 is 0 Å². The first kappa shape index (κ1) is 14.4. The van der Waals surface area contributed by atoms with Crippen molar-refractivity contribution in [2.24, 2.45) is 5.73 Å². The zero-order chi connectivity index (χ0) is 13.7. The van der Waals surface area contributed by atoms with E-state index in [0.717, 1.165) is 30.8 Å². The number of thioether (sulfide) groups is 1. The molecule has 2 unspecified atom stereocenters. The third-order valence-electron chi connectivity index (χ3n) is 3.49. The van der Waals surface area contributed by atoms with Crippen LogP contribution in [0.15, 0.2) is 30.3 Å². The Bertz CT molecular complexity index is 410. The largest absolute Gasteiger partial charge is 0.341 e. The average molecular weight is 278 g/mol. The van der Waals surface area contributed by atoms with Crippen LogP contribution in [-0.4, -0.2) is 34.9 Å². The van der Waals surface area contributed by atoms with Crippen molar-refractivity contribution in [2.75, 3.05) is 18.8 Å². The topological polar surface area (TPSA) is 46.3 Å². The van der Waals surface area contributed by atoms with Crippen molar-refractivity contribution in [3.05, 3.63) is 35.9 Å². The molecule has 3 nitrogen and oxygen atoms in total. The summed E-state index contributed by atoms with van der Waals surface area (Å²) in [5.74, 6) is 1.30. The molecule has 1 aliphatic heterocycles. The number of nitrogens with zero attached hydrogens (tertiary/aromatic N) is 1. The van der Waals surface area contributed by atoms with Gasteiger partial charge in [-0.3, -0.25) is 4.79 Å². The molecule has 2 rings (SSSR count). The molecule has 4 heteroatoms. The molecule has 0 aromatic heterocycles. The van der Waals surface area contributed by atoms with Gasteiger partial charge in [0, 0.05) is 36.6 Å². The Hall–Kier alpha value is -1.00. The number of hydrogen-bond acceptors (Lipinski definition) is 3. The second kappa shape index (κ2) is 6.96. The van der Waals surface area contributed by atoms with Crippen molar-refractivity contribution < 1.29 is 4.79 Å². The van der Waals surface area contributed by atoms with E-state index in [1.165, 1.54) is 0 Å². The molecule has 1 heterocycles. The summed E-state index contributed by atoms with van der Waals surface area (Å²) in [6, 6.07) is 9.96. The predicted molar refractivity (Wildman–Crippen MR) is 81.1 cm³/mol. The van der Waals surface area contributed by atoms with Gasteiger partial charge in [0.2, 0.25) is 5.91 Å². The summed E-state index contributed by atoms with van der Waals surface area (Å²) in [5.41, 5.74) is 7.23. The monoisotopic (exact) mass is 278 g/mol. The quantitative estimate of drug-likeness (QED) is 0.920. The minimum atomic E-state index is -0.0401. The summed E-state index contributed by atoms with van der Waals surface area (Å²) in [4.78, 5) is 14.1. The van der Waals surface area contributed by atoms with Gasteiger partial charge in [0.15, 0.2) is 0 Å². The zero-order valence-corrected chi connectivity index (χ0v) is 12.2. The van der Waals surface area contributed by atoms with E-state index in [9.17, 15) is 4.79 Å². The zero-order valence-electron chi connectivity index (χ0n) is 11.4. The van der Waals surface area contributed by atoms with Gasteiger partial charge in [-0.25, -0.2) is 0 Å². The van der Waals surface area contributed by atoms with Gasteiger partial charge < -0.3 is 10.6 Å². The lowest BCUT2D eigenvalue weighted by Crippen LogP contribution is -2.41. The summed E-state index contributed by atoms with van der Waals surface area (Å²) >= 11 is 1.94. The fourth-order valence-electron chi connectivity index (χ4n) is 2.35. The van der Waals surface area contributed by atoms with Crippen molar-refractivity contribution in [1.29, 1.82) is 0 Å². The maximum Gasteiger partial charge on any atom is 0.222 e. The van der Waals surface area contributed by atoms with Gasteiger partial charge in [-0.1, -0.05) is 37.3 Å². The molecule has 104 valence electrons. The van der Waals surface area contributed by atoms with Crippen LogP contribution in [0, 0.1) is 0 Å². The normalized spacial score (nSPS) is 21.2. The first-order valence-electron chi connectivity index (χ1n) is 6.86. The number of rotatable bonds is 4. The second-order valence-electron chi connectivity index (χ2n) is 5.08. The molecule has 0 spiro atoms. The van der Waals surface area contributed by atoms with Crippen LogP contribution in [0.5, 0.6) is 0 Å². The number of benzene rings is 1. The molecule has 0 saturated carbocycles. The number of carbonyl (C=O) groups is 1. The molecule has 2 N–H and O–H groups in total. The van der Waals surface area contributed by atoms with Crippen LogP contribution in [0.3, 0.4) is 0 Å². The lowest BCUT2D eigenvalue weighted by atomic mass is 10.0. The highest BCUT2D eigenvalue weighted by Crippen LogP contribution is 2.20. The van der Waals surface area contributed by atoms with Crippen LogP contribution in [0.4, 0.5) is 0 Å². The van der Waals surface area contributed by atoms with Gasteiger partial charge in [0.1, 0.15) is 0 Å². The molecule has 1 saturated heterocycles. The number of carbonyl (C=O) groups excluding carboxylic acids is 1. The number of hydrogen-bond donors (Lipinski definition) is 1. The van der Waals surface area contributed by atoms with E-state index >= 15 is 0 Å². The lowest BCUT2D eigenvalue weighted by Gasteiger charge is -2.31. The van der Waals surface area contributed by atoms with E-state index in [4.69, 9.17) is 5.73 Å². The van der Waals surface area contributed by atoms with E-state index in [2.05, 4.69) is 6.92 Å².